The van der Waals surface area contributed by atoms with E-state index in [-0.39, 0.29) is 22.5 Å². The van der Waals surface area contributed by atoms with Gasteiger partial charge in [-0.2, -0.15) is 18.3 Å². The molecule has 3 amide bonds. The molecule has 0 unspecified atom stereocenters. The van der Waals surface area contributed by atoms with Crippen LogP contribution in [0.25, 0.3) is 5.69 Å². The van der Waals surface area contributed by atoms with Crippen molar-refractivity contribution in [3.05, 3.63) is 71.8 Å². The van der Waals surface area contributed by atoms with Gasteiger partial charge in [0.15, 0.2) is 0 Å². The van der Waals surface area contributed by atoms with Crippen LogP contribution in [-0.4, -0.2) is 43.4 Å². The van der Waals surface area contributed by atoms with E-state index in [0.717, 1.165) is 23.1 Å². The molecule has 8 nitrogen and oxygen atoms in total. The Hall–Kier alpha value is -4.02. The lowest BCUT2D eigenvalue weighted by atomic mass is 10.1. The van der Waals surface area contributed by atoms with E-state index < -0.39 is 35.5 Å². The van der Waals surface area contributed by atoms with E-state index in [0.29, 0.717) is 0 Å². The quantitative estimate of drug-likeness (QED) is 0.644. The largest absolute Gasteiger partial charge is 0.416 e. The number of nitrogens with zero attached hydrogens (tertiary/aromatic N) is 4. The Labute approximate surface area is 173 Å². The zero-order valence-electron chi connectivity index (χ0n) is 15.9. The summed E-state index contributed by atoms with van der Waals surface area (Å²) < 4.78 is 40.8. The summed E-state index contributed by atoms with van der Waals surface area (Å²) >= 11 is 0. The Bertz CT molecular complexity index is 1160. The monoisotopic (exact) mass is 429 g/mol. The van der Waals surface area contributed by atoms with Gasteiger partial charge in [-0.15, -0.1) is 0 Å². The summed E-state index contributed by atoms with van der Waals surface area (Å²) in [4.78, 5) is 42.6. The van der Waals surface area contributed by atoms with Gasteiger partial charge in [0, 0.05) is 0 Å². The molecular formula is C20H14F3N5O3. The Balaban J connectivity index is 1.65. The molecule has 31 heavy (non-hydrogen) atoms. The summed E-state index contributed by atoms with van der Waals surface area (Å²) in [6.45, 7) is 1.32. The minimum Gasteiger partial charge on any atom is -0.322 e. The maximum Gasteiger partial charge on any atom is 0.416 e. The van der Waals surface area contributed by atoms with E-state index in [4.69, 9.17) is 0 Å². The van der Waals surface area contributed by atoms with E-state index in [1.54, 1.807) is 12.1 Å². The first-order chi connectivity index (χ1) is 14.7. The van der Waals surface area contributed by atoms with Crippen molar-refractivity contribution in [3.8, 4) is 5.69 Å². The zero-order chi connectivity index (χ0) is 22.3. The summed E-state index contributed by atoms with van der Waals surface area (Å²) in [6, 6.07) is 7.58. The van der Waals surface area contributed by atoms with Crippen molar-refractivity contribution >= 4 is 23.4 Å². The molecule has 0 saturated carbocycles. The van der Waals surface area contributed by atoms with Crippen LogP contribution in [0, 0.1) is 0 Å². The van der Waals surface area contributed by atoms with Gasteiger partial charge in [0.2, 0.25) is 5.91 Å². The van der Waals surface area contributed by atoms with Gasteiger partial charge in [0.05, 0.1) is 28.1 Å². The maximum atomic E-state index is 13.2. The lowest BCUT2D eigenvalue weighted by molar-refractivity contribution is -0.137. The van der Waals surface area contributed by atoms with Crippen molar-refractivity contribution in [1.29, 1.82) is 0 Å². The Kier molecular flexibility index (Phi) is 4.80. The van der Waals surface area contributed by atoms with Crippen molar-refractivity contribution in [2.75, 3.05) is 5.32 Å². The number of rotatable bonds is 4. The molecule has 11 heteroatoms. The molecule has 0 bridgehead atoms. The van der Waals surface area contributed by atoms with E-state index in [2.05, 4.69) is 15.4 Å². The minimum atomic E-state index is -4.64. The summed E-state index contributed by atoms with van der Waals surface area (Å²) in [6.07, 6.45) is -2.20. The van der Waals surface area contributed by atoms with Crippen LogP contribution in [0.2, 0.25) is 0 Å². The fraction of sp³-hybridized carbons (Fsp3) is 0.150. The SMILES string of the molecule is C[C@@H](C(=O)Nc1cc(C(F)(F)F)ccc1-n1cncn1)N1C(=O)c2ccccc2C1=O. The number of halogens is 3. The van der Waals surface area contributed by atoms with Crippen molar-refractivity contribution in [3.63, 3.8) is 0 Å². The normalized spacial score (nSPS) is 14.5. The number of carbonyl (C=O) groups is 3. The van der Waals surface area contributed by atoms with Crippen molar-refractivity contribution in [2.45, 2.75) is 19.1 Å². The number of carbonyl (C=O) groups excluding carboxylic acids is 3. The van der Waals surface area contributed by atoms with E-state index in [9.17, 15) is 27.6 Å². The molecule has 1 aliphatic heterocycles. The predicted molar refractivity (Wildman–Crippen MR) is 101 cm³/mol. The van der Waals surface area contributed by atoms with Crippen LogP contribution >= 0.6 is 0 Å². The Morgan fingerprint density at radius 3 is 2.26 bits per heavy atom. The van der Waals surface area contributed by atoms with Gasteiger partial charge in [-0.25, -0.2) is 9.67 Å². The summed E-state index contributed by atoms with van der Waals surface area (Å²) in [7, 11) is 0. The Morgan fingerprint density at radius 1 is 1.06 bits per heavy atom. The summed E-state index contributed by atoms with van der Waals surface area (Å²) in [5.74, 6) is -2.14. The number of amides is 3. The fourth-order valence-electron chi connectivity index (χ4n) is 3.26. The minimum absolute atomic E-state index is 0.133. The number of fused-ring (bicyclic) bond motifs is 1. The molecule has 1 aromatic heterocycles. The Morgan fingerprint density at radius 2 is 1.71 bits per heavy atom. The molecule has 4 rings (SSSR count). The van der Waals surface area contributed by atoms with Crippen LogP contribution in [0.5, 0.6) is 0 Å². The van der Waals surface area contributed by atoms with Gasteiger partial charge in [-0.05, 0) is 37.3 Å². The second-order valence-electron chi connectivity index (χ2n) is 6.76. The molecule has 1 atom stereocenters. The van der Waals surface area contributed by atoms with Gasteiger partial charge < -0.3 is 5.32 Å². The second-order valence-corrected chi connectivity index (χ2v) is 6.76. The second kappa shape index (κ2) is 7.35. The molecule has 0 aliphatic carbocycles. The van der Waals surface area contributed by atoms with E-state index in [1.165, 1.54) is 36.4 Å². The summed E-state index contributed by atoms with van der Waals surface area (Å²) in [5.41, 5.74) is -0.730. The van der Waals surface area contributed by atoms with Gasteiger partial charge in [0.25, 0.3) is 11.8 Å². The molecule has 2 aromatic carbocycles. The number of aromatic nitrogens is 3. The molecule has 1 N–H and O–H groups in total. The number of benzene rings is 2. The first-order valence-corrected chi connectivity index (χ1v) is 9.02. The third-order valence-corrected chi connectivity index (χ3v) is 4.84. The van der Waals surface area contributed by atoms with Gasteiger partial charge >= 0.3 is 6.18 Å². The highest BCUT2D eigenvalue weighted by atomic mass is 19.4. The number of alkyl halides is 3. The van der Waals surface area contributed by atoms with Crippen LogP contribution in [0.15, 0.2) is 55.1 Å². The molecule has 1 aliphatic rings. The van der Waals surface area contributed by atoms with Crippen LogP contribution in [-0.2, 0) is 11.0 Å². The molecule has 0 fully saturated rings. The molecule has 0 radical (unpaired) electrons. The predicted octanol–water partition coefficient (Wildman–Crippen LogP) is 2.91. The first-order valence-electron chi connectivity index (χ1n) is 9.02. The lowest BCUT2D eigenvalue weighted by Gasteiger charge is -2.22. The lowest BCUT2D eigenvalue weighted by Crippen LogP contribution is -2.45. The van der Waals surface area contributed by atoms with Crippen LogP contribution < -0.4 is 5.32 Å². The maximum absolute atomic E-state index is 13.2. The molecule has 3 aromatic rings. The van der Waals surface area contributed by atoms with Crippen molar-refractivity contribution in [1.82, 2.24) is 19.7 Å². The molecule has 2 heterocycles. The topological polar surface area (TPSA) is 97.2 Å². The standard InChI is InChI=1S/C20H14F3N5O3/c1-11(28-18(30)13-4-2-3-5-14(13)19(28)31)17(29)26-15-8-12(20(21,22)23)6-7-16(15)27-10-24-9-25-27/h2-11H,1H3,(H,26,29)/t11-/m0/s1. The highest BCUT2D eigenvalue weighted by molar-refractivity contribution is 6.23. The van der Waals surface area contributed by atoms with Crippen LogP contribution in [0.3, 0.4) is 0 Å². The zero-order valence-corrected chi connectivity index (χ0v) is 15.9. The molecule has 0 saturated heterocycles. The first kappa shape index (κ1) is 20.3. The number of anilines is 1. The average Bonchev–Trinajstić information content (AvgIpc) is 3.35. The van der Waals surface area contributed by atoms with Crippen LogP contribution in [0.4, 0.5) is 18.9 Å². The highest BCUT2D eigenvalue weighted by Gasteiger charge is 2.41. The third-order valence-electron chi connectivity index (χ3n) is 4.84. The molecule has 0 spiro atoms. The third kappa shape index (κ3) is 3.54. The van der Waals surface area contributed by atoms with Crippen LogP contribution in [0.1, 0.15) is 33.2 Å². The van der Waals surface area contributed by atoms with E-state index >= 15 is 0 Å². The number of nitrogens with one attached hydrogen (secondary N) is 1. The van der Waals surface area contributed by atoms with Gasteiger partial charge in [-0.3, -0.25) is 19.3 Å². The van der Waals surface area contributed by atoms with E-state index in [1.807, 2.05) is 0 Å². The fourth-order valence-corrected chi connectivity index (χ4v) is 3.26. The number of hydrogen-bond acceptors (Lipinski definition) is 5. The van der Waals surface area contributed by atoms with Gasteiger partial charge in [-0.1, -0.05) is 12.1 Å². The average molecular weight is 429 g/mol. The van der Waals surface area contributed by atoms with Gasteiger partial charge in [0.1, 0.15) is 18.7 Å². The summed E-state index contributed by atoms with van der Waals surface area (Å²) in [5, 5.41) is 6.26. The molecular weight excluding hydrogens is 415 g/mol. The smallest absolute Gasteiger partial charge is 0.322 e. The molecule has 158 valence electrons. The number of hydrogen-bond donors (Lipinski definition) is 1. The van der Waals surface area contributed by atoms with Crippen molar-refractivity contribution in [2.24, 2.45) is 0 Å². The number of imide groups is 1. The highest BCUT2D eigenvalue weighted by Crippen LogP contribution is 2.33. The van der Waals surface area contributed by atoms with Crippen molar-refractivity contribution < 1.29 is 27.6 Å².